The van der Waals surface area contributed by atoms with Crippen LogP contribution in [0.4, 0.5) is 14.6 Å². The molecule has 4 rings (SSSR count). The molecule has 1 unspecified atom stereocenters. The number of hydrogen-bond acceptors (Lipinski definition) is 6. The number of nitrogens with two attached hydrogens (primary N) is 2. The van der Waals surface area contributed by atoms with Gasteiger partial charge in [-0.05, 0) is 48.4 Å². The van der Waals surface area contributed by atoms with Crippen LogP contribution < -0.4 is 21.1 Å². The number of anilines is 1. The molecule has 0 saturated carbocycles. The van der Waals surface area contributed by atoms with E-state index in [1.54, 1.807) is 36.4 Å². The monoisotopic (exact) mass is 440 g/mol. The molecule has 1 saturated heterocycles. The van der Waals surface area contributed by atoms with Gasteiger partial charge in [0.2, 0.25) is 0 Å². The first-order valence-electron chi connectivity index (χ1n) is 10.0. The molecule has 9 heteroatoms. The summed E-state index contributed by atoms with van der Waals surface area (Å²) in [4.78, 5) is 18.4. The first-order valence-corrected chi connectivity index (χ1v) is 10.0. The number of para-hydroxylation sites is 1. The fourth-order valence-corrected chi connectivity index (χ4v) is 3.77. The van der Waals surface area contributed by atoms with E-state index in [0.29, 0.717) is 41.3 Å². The van der Waals surface area contributed by atoms with Gasteiger partial charge in [-0.15, -0.1) is 0 Å². The van der Waals surface area contributed by atoms with Crippen LogP contribution in [0.3, 0.4) is 0 Å². The summed E-state index contributed by atoms with van der Waals surface area (Å²) in [6.45, 7) is -1.66. The number of carbonyl (C=O) groups excluding carboxylic acids is 1. The zero-order valence-electron chi connectivity index (χ0n) is 17.0. The number of primary amides is 1. The van der Waals surface area contributed by atoms with Crippen molar-refractivity contribution >= 4 is 11.7 Å². The minimum Gasteiger partial charge on any atom is -0.507 e. The Labute approximate surface area is 183 Å². The van der Waals surface area contributed by atoms with Crippen molar-refractivity contribution < 1.29 is 23.4 Å². The Kier molecular flexibility index (Phi) is 5.91. The fourth-order valence-electron chi connectivity index (χ4n) is 3.77. The van der Waals surface area contributed by atoms with E-state index in [1.165, 1.54) is 18.2 Å². The highest BCUT2D eigenvalue weighted by Crippen LogP contribution is 2.36. The lowest BCUT2D eigenvalue weighted by atomic mass is 10.0. The lowest BCUT2D eigenvalue weighted by Crippen LogP contribution is -2.27. The number of phenols is 1. The predicted octanol–water partition coefficient (Wildman–Crippen LogP) is 3.36. The molecule has 2 aromatic carbocycles. The number of alkyl halides is 2. The normalized spacial score (nSPS) is 15.9. The first-order chi connectivity index (χ1) is 15.3. The summed E-state index contributed by atoms with van der Waals surface area (Å²) in [5.41, 5.74) is 13.5. The second-order valence-corrected chi connectivity index (χ2v) is 7.56. The van der Waals surface area contributed by atoms with E-state index in [1.807, 2.05) is 4.90 Å². The Hall–Kier alpha value is -3.72. The number of hydrogen-bond donors (Lipinski definition) is 3. The maximum absolute atomic E-state index is 13.0. The van der Waals surface area contributed by atoms with Crippen molar-refractivity contribution in [2.75, 3.05) is 18.0 Å². The van der Waals surface area contributed by atoms with Crippen molar-refractivity contribution in [3.63, 3.8) is 0 Å². The summed E-state index contributed by atoms with van der Waals surface area (Å²) in [6.07, 6.45) is 0.803. The third kappa shape index (κ3) is 4.47. The summed E-state index contributed by atoms with van der Waals surface area (Å²) < 4.78 is 30.6. The number of carbonyl (C=O) groups is 1. The van der Waals surface area contributed by atoms with Crippen molar-refractivity contribution in [1.82, 2.24) is 4.98 Å². The van der Waals surface area contributed by atoms with Gasteiger partial charge >= 0.3 is 6.61 Å². The summed E-state index contributed by atoms with van der Waals surface area (Å²) in [7, 11) is 0. The molecule has 0 spiro atoms. The third-order valence-electron chi connectivity index (χ3n) is 5.33. The number of pyridine rings is 1. The molecule has 0 bridgehead atoms. The van der Waals surface area contributed by atoms with Gasteiger partial charge in [-0.2, -0.15) is 8.78 Å². The molecule has 1 atom stereocenters. The highest BCUT2D eigenvalue weighted by atomic mass is 19.3. The van der Waals surface area contributed by atoms with Gasteiger partial charge in [0.15, 0.2) is 0 Å². The first kappa shape index (κ1) is 21.5. The van der Waals surface area contributed by atoms with Crippen molar-refractivity contribution in [3.05, 3.63) is 60.2 Å². The van der Waals surface area contributed by atoms with Gasteiger partial charge in [-0.25, -0.2) is 4.98 Å². The summed E-state index contributed by atoms with van der Waals surface area (Å²) in [5, 5.41) is 9.93. The van der Waals surface area contributed by atoms with Gasteiger partial charge in [0.25, 0.3) is 5.91 Å². The highest BCUT2D eigenvalue weighted by Gasteiger charge is 2.23. The topological polar surface area (TPSA) is 115 Å². The zero-order valence-corrected chi connectivity index (χ0v) is 17.0. The van der Waals surface area contributed by atoms with Crippen LogP contribution in [-0.4, -0.2) is 41.7 Å². The molecular formula is C23H22F2N4O3. The second kappa shape index (κ2) is 8.80. The summed E-state index contributed by atoms with van der Waals surface area (Å²) in [5.74, 6) is -0.362. The average molecular weight is 440 g/mol. The second-order valence-electron chi connectivity index (χ2n) is 7.56. The molecular weight excluding hydrogens is 418 g/mol. The van der Waals surface area contributed by atoms with Crippen molar-refractivity contribution in [2.24, 2.45) is 11.5 Å². The lowest BCUT2D eigenvalue weighted by Gasteiger charge is -2.20. The number of benzene rings is 2. The molecule has 3 aromatic rings. The molecule has 1 aliphatic rings. The van der Waals surface area contributed by atoms with Crippen LogP contribution in [0.25, 0.3) is 22.4 Å². The molecule has 1 amide bonds. The number of amides is 1. The molecule has 1 fully saturated rings. The maximum Gasteiger partial charge on any atom is 0.387 e. The van der Waals surface area contributed by atoms with E-state index in [4.69, 9.17) is 21.2 Å². The standard InChI is InChI=1S/C23H22F2N4O3/c24-23(25)32-20-4-2-1-3-16(20)14-10-18(13-5-6-19(30)17(9-13)22(27)31)28-21(11-14)29-8-7-15(26)12-29/h1-6,9-11,15,23,30H,7-8,12,26H2,(H2,27,31). The minimum atomic E-state index is -2.97. The number of aromatic hydroxyl groups is 1. The van der Waals surface area contributed by atoms with E-state index < -0.39 is 12.5 Å². The molecule has 0 radical (unpaired) electrons. The number of halogens is 2. The molecule has 166 valence electrons. The van der Waals surface area contributed by atoms with E-state index in [9.17, 15) is 18.7 Å². The van der Waals surface area contributed by atoms with E-state index in [0.717, 1.165) is 6.42 Å². The van der Waals surface area contributed by atoms with Gasteiger partial charge in [-0.1, -0.05) is 18.2 Å². The number of ether oxygens (including phenoxy) is 1. The van der Waals surface area contributed by atoms with Crippen molar-refractivity contribution in [1.29, 1.82) is 0 Å². The maximum atomic E-state index is 13.0. The van der Waals surface area contributed by atoms with Crippen LogP contribution in [0, 0.1) is 0 Å². The summed E-state index contributed by atoms with van der Waals surface area (Å²) >= 11 is 0. The quantitative estimate of drug-likeness (QED) is 0.542. The van der Waals surface area contributed by atoms with Gasteiger partial charge < -0.3 is 26.2 Å². The smallest absolute Gasteiger partial charge is 0.387 e. The van der Waals surface area contributed by atoms with Crippen molar-refractivity contribution in [3.8, 4) is 33.9 Å². The van der Waals surface area contributed by atoms with Crippen LogP contribution in [0.5, 0.6) is 11.5 Å². The molecule has 32 heavy (non-hydrogen) atoms. The number of rotatable bonds is 6. The van der Waals surface area contributed by atoms with Gasteiger partial charge in [0.05, 0.1) is 11.3 Å². The highest BCUT2D eigenvalue weighted by molar-refractivity contribution is 5.97. The van der Waals surface area contributed by atoms with Gasteiger partial charge in [0, 0.05) is 30.3 Å². The average Bonchev–Trinajstić information content (AvgIpc) is 3.20. The molecule has 0 aliphatic carbocycles. The molecule has 7 nitrogen and oxygen atoms in total. The Bertz CT molecular complexity index is 1160. The Morgan fingerprint density at radius 3 is 2.62 bits per heavy atom. The Morgan fingerprint density at radius 1 is 1.16 bits per heavy atom. The summed E-state index contributed by atoms with van der Waals surface area (Å²) in [6, 6.07) is 14.4. The molecule has 2 heterocycles. The molecule has 1 aromatic heterocycles. The van der Waals surface area contributed by atoms with Crippen LogP contribution in [0.1, 0.15) is 16.8 Å². The molecule has 5 N–H and O–H groups in total. The largest absolute Gasteiger partial charge is 0.507 e. The zero-order chi connectivity index (χ0) is 22.8. The van der Waals surface area contributed by atoms with Crippen LogP contribution in [0.15, 0.2) is 54.6 Å². The number of nitrogens with zero attached hydrogens (tertiary/aromatic N) is 2. The van der Waals surface area contributed by atoms with E-state index in [-0.39, 0.29) is 23.1 Å². The van der Waals surface area contributed by atoms with Gasteiger partial charge in [0.1, 0.15) is 17.3 Å². The Balaban J connectivity index is 1.87. The van der Waals surface area contributed by atoms with Crippen LogP contribution in [-0.2, 0) is 0 Å². The number of aromatic nitrogens is 1. The van der Waals surface area contributed by atoms with E-state index in [2.05, 4.69) is 0 Å². The third-order valence-corrected chi connectivity index (χ3v) is 5.33. The lowest BCUT2D eigenvalue weighted by molar-refractivity contribution is -0.0494. The van der Waals surface area contributed by atoms with Gasteiger partial charge in [-0.3, -0.25) is 4.79 Å². The van der Waals surface area contributed by atoms with Crippen LogP contribution >= 0.6 is 0 Å². The minimum absolute atomic E-state index is 0.00787. The van der Waals surface area contributed by atoms with E-state index >= 15 is 0 Å². The van der Waals surface area contributed by atoms with Crippen LogP contribution in [0.2, 0.25) is 0 Å². The molecule has 1 aliphatic heterocycles. The fraction of sp³-hybridized carbons (Fsp3) is 0.217. The predicted molar refractivity (Wildman–Crippen MR) is 117 cm³/mol. The SMILES string of the molecule is NC(=O)c1cc(-c2cc(-c3ccccc3OC(F)F)cc(N3CCC(N)C3)n2)ccc1O. The van der Waals surface area contributed by atoms with Crippen molar-refractivity contribution in [2.45, 2.75) is 19.1 Å². The Morgan fingerprint density at radius 2 is 1.94 bits per heavy atom.